The highest BCUT2D eigenvalue weighted by molar-refractivity contribution is 5.44. The van der Waals surface area contributed by atoms with Crippen LogP contribution in [0.3, 0.4) is 0 Å². The van der Waals surface area contributed by atoms with Crippen molar-refractivity contribution < 1.29 is 0 Å². The monoisotopic (exact) mass is 230 g/mol. The maximum absolute atomic E-state index is 5.89. The molecule has 6 heteroatoms. The van der Waals surface area contributed by atoms with Crippen LogP contribution in [-0.2, 0) is 0 Å². The molecule has 1 unspecified atom stereocenters. The molecule has 0 spiro atoms. The molecule has 0 radical (unpaired) electrons. The van der Waals surface area contributed by atoms with Gasteiger partial charge in [0.2, 0.25) is 0 Å². The third-order valence-electron chi connectivity index (χ3n) is 2.93. The van der Waals surface area contributed by atoms with Crippen molar-refractivity contribution in [3.8, 4) is 5.82 Å². The van der Waals surface area contributed by atoms with Gasteiger partial charge in [0.15, 0.2) is 5.82 Å². The molecule has 3 heterocycles. The summed E-state index contributed by atoms with van der Waals surface area (Å²) in [7, 11) is 0. The fourth-order valence-electron chi connectivity index (χ4n) is 2.04. The lowest BCUT2D eigenvalue weighted by Crippen LogP contribution is -2.27. The second kappa shape index (κ2) is 4.14. The average molecular weight is 230 g/mol. The van der Waals surface area contributed by atoms with Gasteiger partial charge in [0.05, 0.1) is 0 Å². The van der Waals surface area contributed by atoms with Gasteiger partial charge in [-0.15, -0.1) is 0 Å². The summed E-state index contributed by atoms with van der Waals surface area (Å²) in [6.45, 7) is 1.81. The fourth-order valence-corrected chi connectivity index (χ4v) is 2.04. The molecule has 0 aliphatic carbocycles. The van der Waals surface area contributed by atoms with E-state index in [-0.39, 0.29) is 6.04 Å². The average Bonchev–Trinajstić information content (AvgIpc) is 3.00. The predicted molar refractivity (Wildman–Crippen MR) is 64.0 cm³/mol. The Balaban J connectivity index is 1.89. The Kier molecular flexibility index (Phi) is 2.49. The Morgan fingerprint density at radius 2 is 2.18 bits per heavy atom. The Hall–Kier alpha value is -1.95. The molecule has 3 rings (SSSR count). The Bertz CT molecular complexity index is 494. The van der Waals surface area contributed by atoms with E-state index in [0.717, 1.165) is 31.1 Å². The first kappa shape index (κ1) is 10.2. The van der Waals surface area contributed by atoms with Gasteiger partial charge < -0.3 is 10.6 Å². The molecule has 0 bridgehead atoms. The summed E-state index contributed by atoms with van der Waals surface area (Å²) in [5, 5.41) is 4.15. The van der Waals surface area contributed by atoms with E-state index in [1.165, 1.54) is 0 Å². The van der Waals surface area contributed by atoms with Crippen LogP contribution >= 0.6 is 0 Å². The van der Waals surface area contributed by atoms with Gasteiger partial charge in [0.1, 0.15) is 12.1 Å². The minimum atomic E-state index is 0.248. The summed E-state index contributed by atoms with van der Waals surface area (Å²) < 4.78 is 1.72. The summed E-state index contributed by atoms with van der Waals surface area (Å²) >= 11 is 0. The Morgan fingerprint density at radius 1 is 1.29 bits per heavy atom. The minimum absolute atomic E-state index is 0.248. The van der Waals surface area contributed by atoms with Crippen LogP contribution in [0.1, 0.15) is 6.42 Å². The lowest BCUT2D eigenvalue weighted by atomic mass is 10.3. The zero-order valence-electron chi connectivity index (χ0n) is 9.40. The fraction of sp³-hybridized carbons (Fsp3) is 0.364. The lowest BCUT2D eigenvalue weighted by molar-refractivity contribution is 0.751. The SMILES string of the molecule is NC1CCN(c2cc(-n3cccn3)ncn2)C1. The van der Waals surface area contributed by atoms with Crippen molar-refractivity contribution in [2.24, 2.45) is 5.73 Å². The molecule has 1 aliphatic rings. The molecule has 2 N–H and O–H groups in total. The first-order valence-corrected chi connectivity index (χ1v) is 5.65. The molecule has 2 aromatic rings. The smallest absolute Gasteiger partial charge is 0.158 e. The predicted octanol–water partition coefficient (Wildman–Crippen LogP) is 0.200. The third kappa shape index (κ3) is 1.99. The lowest BCUT2D eigenvalue weighted by Gasteiger charge is -2.16. The van der Waals surface area contributed by atoms with Crippen molar-refractivity contribution in [3.05, 3.63) is 30.9 Å². The van der Waals surface area contributed by atoms with E-state index in [0.29, 0.717) is 0 Å². The van der Waals surface area contributed by atoms with Gasteiger partial charge in [-0.3, -0.25) is 0 Å². The summed E-state index contributed by atoms with van der Waals surface area (Å²) in [5.74, 6) is 1.69. The summed E-state index contributed by atoms with van der Waals surface area (Å²) in [6, 6.07) is 4.05. The molecule has 1 atom stereocenters. The zero-order chi connectivity index (χ0) is 11.7. The van der Waals surface area contributed by atoms with Gasteiger partial charge >= 0.3 is 0 Å². The largest absolute Gasteiger partial charge is 0.355 e. The zero-order valence-corrected chi connectivity index (χ0v) is 9.40. The van der Waals surface area contributed by atoms with Gasteiger partial charge in [0, 0.05) is 37.6 Å². The Labute approximate surface area is 99.1 Å². The molecule has 1 saturated heterocycles. The maximum Gasteiger partial charge on any atom is 0.158 e. The van der Waals surface area contributed by atoms with E-state index >= 15 is 0 Å². The van der Waals surface area contributed by atoms with Crippen LogP contribution in [-0.4, -0.2) is 38.9 Å². The quantitative estimate of drug-likeness (QED) is 0.797. The van der Waals surface area contributed by atoms with Crippen LogP contribution in [0.25, 0.3) is 5.82 Å². The van der Waals surface area contributed by atoms with E-state index in [9.17, 15) is 0 Å². The number of aromatic nitrogens is 4. The molecular weight excluding hydrogens is 216 g/mol. The molecule has 6 nitrogen and oxygen atoms in total. The van der Waals surface area contributed by atoms with E-state index in [1.807, 2.05) is 18.3 Å². The second-order valence-corrected chi connectivity index (χ2v) is 4.18. The van der Waals surface area contributed by atoms with Crippen molar-refractivity contribution in [2.45, 2.75) is 12.5 Å². The van der Waals surface area contributed by atoms with Crippen molar-refractivity contribution in [1.29, 1.82) is 0 Å². The van der Waals surface area contributed by atoms with Crippen LogP contribution < -0.4 is 10.6 Å². The van der Waals surface area contributed by atoms with Gasteiger partial charge in [-0.25, -0.2) is 14.6 Å². The third-order valence-corrected chi connectivity index (χ3v) is 2.93. The minimum Gasteiger partial charge on any atom is -0.355 e. The van der Waals surface area contributed by atoms with E-state index in [4.69, 9.17) is 5.73 Å². The molecular formula is C11H14N6. The molecule has 0 aromatic carbocycles. The van der Waals surface area contributed by atoms with Crippen LogP contribution in [0, 0.1) is 0 Å². The number of anilines is 1. The molecule has 0 saturated carbocycles. The molecule has 17 heavy (non-hydrogen) atoms. The van der Waals surface area contributed by atoms with Crippen LogP contribution in [0.15, 0.2) is 30.9 Å². The van der Waals surface area contributed by atoms with Gasteiger partial charge in [-0.2, -0.15) is 5.10 Å². The molecule has 2 aromatic heterocycles. The molecule has 1 fully saturated rings. The van der Waals surface area contributed by atoms with Crippen molar-refractivity contribution in [2.75, 3.05) is 18.0 Å². The summed E-state index contributed by atoms with van der Waals surface area (Å²) in [4.78, 5) is 10.7. The molecule has 0 amide bonds. The topological polar surface area (TPSA) is 72.9 Å². The number of hydrogen-bond acceptors (Lipinski definition) is 5. The van der Waals surface area contributed by atoms with Crippen molar-refractivity contribution in [3.63, 3.8) is 0 Å². The van der Waals surface area contributed by atoms with E-state index in [2.05, 4.69) is 20.0 Å². The highest BCUT2D eigenvalue weighted by Crippen LogP contribution is 2.18. The van der Waals surface area contributed by atoms with Crippen LogP contribution in [0.5, 0.6) is 0 Å². The highest BCUT2D eigenvalue weighted by Gasteiger charge is 2.20. The summed E-state index contributed by atoms with van der Waals surface area (Å²) in [5.41, 5.74) is 5.89. The second-order valence-electron chi connectivity index (χ2n) is 4.18. The highest BCUT2D eigenvalue weighted by atomic mass is 15.3. The first-order chi connectivity index (χ1) is 8.33. The van der Waals surface area contributed by atoms with Crippen molar-refractivity contribution in [1.82, 2.24) is 19.7 Å². The number of hydrogen-bond donors (Lipinski definition) is 1. The molecule has 1 aliphatic heterocycles. The number of rotatable bonds is 2. The van der Waals surface area contributed by atoms with Gasteiger partial charge in [-0.1, -0.05) is 0 Å². The standard InChI is InChI=1S/C11H14N6/c12-9-2-5-16(7-9)10-6-11(14-8-13-10)17-4-1-3-15-17/h1,3-4,6,8-9H,2,5,7,12H2. The Morgan fingerprint density at radius 3 is 2.88 bits per heavy atom. The molecule has 88 valence electrons. The van der Waals surface area contributed by atoms with Gasteiger partial charge in [-0.05, 0) is 12.5 Å². The number of nitrogens with two attached hydrogens (primary N) is 1. The normalized spacial score (nSPS) is 19.8. The maximum atomic E-state index is 5.89. The van der Waals surface area contributed by atoms with Gasteiger partial charge in [0.25, 0.3) is 0 Å². The first-order valence-electron chi connectivity index (χ1n) is 5.65. The van der Waals surface area contributed by atoms with E-state index < -0.39 is 0 Å². The van der Waals surface area contributed by atoms with Crippen LogP contribution in [0.2, 0.25) is 0 Å². The van der Waals surface area contributed by atoms with E-state index in [1.54, 1.807) is 17.2 Å². The number of nitrogens with zero attached hydrogens (tertiary/aromatic N) is 5. The van der Waals surface area contributed by atoms with Crippen LogP contribution in [0.4, 0.5) is 5.82 Å². The van der Waals surface area contributed by atoms with Crippen molar-refractivity contribution >= 4 is 5.82 Å². The summed E-state index contributed by atoms with van der Waals surface area (Å²) in [6.07, 6.45) is 6.17.